The van der Waals surface area contributed by atoms with Crippen molar-refractivity contribution in [2.75, 3.05) is 0 Å². The van der Waals surface area contributed by atoms with E-state index < -0.39 is 0 Å². The van der Waals surface area contributed by atoms with E-state index in [2.05, 4.69) is 16.5 Å². The van der Waals surface area contributed by atoms with Crippen molar-refractivity contribution >= 4 is 11.6 Å². The molecule has 0 saturated heterocycles. The first-order chi connectivity index (χ1) is 6.33. The lowest BCUT2D eigenvalue weighted by Crippen LogP contribution is -1.99. The third-order valence-corrected chi connectivity index (χ3v) is 2.95. The van der Waals surface area contributed by atoms with Gasteiger partial charge in [-0.25, -0.2) is 4.98 Å². The number of aromatic nitrogens is 2. The van der Waals surface area contributed by atoms with Gasteiger partial charge in [-0.3, -0.25) is 0 Å². The van der Waals surface area contributed by atoms with Gasteiger partial charge in [0.05, 0.1) is 5.69 Å². The van der Waals surface area contributed by atoms with Gasteiger partial charge in [0.25, 0.3) is 0 Å². The fourth-order valence-electron chi connectivity index (χ4n) is 1.94. The lowest BCUT2D eigenvalue weighted by molar-refractivity contribution is 0.676. The zero-order chi connectivity index (χ0) is 9.26. The molecule has 0 radical (unpaired) electrons. The molecule has 13 heavy (non-hydrogen) atoms. The molecule has 0 saturated carbocycles. The molecule has 0 amide bonds. The predicted octanol–water partition coefficient (Wildman–Crippen LogP) is 2.83. The zero-order valence-corrected chi connectivity index (χ0v) is 8.77. The summed E-state index contributed by atoms with van der Waals surface area (Å²) in [5.74, 6) is 1.19. The van der Waals surface area contributed by atoms with Crippen molar-refractivity contribution < 1.29 is 0 Å². The fraction of sp³-hybridized carbons (Fsp3) is 0.700. The summed E-state index contributed by atoms with van der Waals surface area (Å²) in [5, 5.41) is 0.739. The van der Waals surface area contributed by atoms with E-state index in [9.17, 15) is 0 Å². The van der Waals surface area contributed by atoms with Crippen molar-refractivity contribution in [2.45, 2.75) is 45.6 Å². The Morgan fingerprint density at radius 1 is 1.54 bits per heavy atom. The minimum atomic E-state index is 0.739. The molecule has 2 heterocycles. The molecule has 0 atom stereocenters. The fourth-order valence-corrected chi connectivity index (χ4v) is 2.23. The monoisotopic (exact) mass is 198 g/mol. The molecule has 1 aliphatic heterocycles. The van der Waals surface area contributed by atoms with Crippen molar-refractivity contribution in [2.24, 2.45) is 0 Å². The summed E-state index contributed by atoms with van der Waals surface area (Å²) in [6, 6.07) is 0. The second kappa shape index (κ2) is 3.70. The molecule has 1 aromatic heterocycles. The second-order valence-electron chi connectivity index (χ2n) is 3.62. The summed E-state index contributed by atoms with van der Waals surface area (Å²) in [5.41, 5.74) is 1.26. The van der Waals surface area contributed by atoms with Gasteiger partial charge in [-0.2, -0.15) is 0 Å². The largest absolute Gasteiger partial charge is 0.331 e. The maximum atomic E-state index is 6.07. The predicted molar refractivity (Wildman–Crippen MR) is 54.2 cm³/mol. The maximum Gasteiger partial charge on any atom is 0.150 e. The number of imidazole rings is 1. The molecule has 2 nitrogen and oxygen atoms in total. The van der Waals surface area contributed by atoms with Crippen LogP contribution in [-0.4, -0.2) is 9.55 Å². The van der Waals surface area contributed by atoms with Crippen LogP contribution < -0.4 is 0 Å². The molecule has 0 bridgehead atoms. The zero-order valence-electron chi connectivity index (χ0n) is 8.02. The Kier molecular flexibility index (Phi) is 2.58. The normalized spacial score (nSPS) is 14.9. The summed E-state index contributed by atoms with van der Waals surface area (Å²) in [7, 11) is 0. The molecular weight excluding hydrogens is 184 g/mol. The molecule has 0 N–H and O–H groups in total. The first-order valence-corrected chi connectivity index (χ1v) is 5.44. The van der Waals surface area contributed by atoms with Crippen LogP contribution in [0.3, 0.4) is 0 Å². The van der Waals surface area contributed by atoms with Crippen molar-refractivity contribution in [1.29, 1.82) is 0 Å². The van der Waals surface area contributed by atoms with E-state index in [-0.39, 0.29) is 0 Å². The van der Waals surface area contributed by atoms with E-state index in [0.29, 0.717) is 0 Å². The number of fused-ring (bicyclic) bond motifs is 1. The highest BCUT2D eigenvalue weighted by atomic mass is 35.5. The molecule has 0 unspecified atom stereocenters. The number of hydrogen-bond donors (Lipinski definition) is 0. The Hall–Kier alpha value is -0.500. The van der Waals surface area contributed by atoms with E-state index in [1.54, 1.807) is 0 Å². The lowest BCUT2D eigenvalue weighted by atomic mass is 10.2. The van der Waals surface area contributed by atoms with Crippen LogP contribution in [0.4, 0.5) is 0 Å². The van der Waals surface area contributed by atoms with Crippen LogP contribution in [0, 0.1) is 0 Å². The molecule has 0 spiro atoms. The van der Waals surface area contributed by atoms with E-state index >= 15 is 0 Å². The van der Waals surface area contributed by atoms with Crippen LogP contribution in [0.5, 0.6) is 0 Å². The third-order valence-electron chi connectivity index (χ3n) is 2.65. The SMILES string of the molecule is CCCCc1c(Cl)nc2n1CCC2. The Bertz CT molecular complexity index is 304. The molecule has 0 aliphatic carbocycles. The Morgan fingerprint density at radius 2 is 2.38 bits per heavy atom. The van der Waals surface area contributed by atoms with Gasteiger partial charge in [0.15, 0.2) is 5.15 Å². The van der Waals surface area contributed by atoms with Gasteiger partial charge in [-0.05, 0) is 19.3 Å². The highest BCUT2D eigenvalue weighted by Crippen LogP contribution is 2.24. The quantitative estimate of drug-likeness (QED) is 0.731. The molecule has 72 valence electrons. The van der Waals surface area contributed by atoms with Crippen molar-refractivity contribution in [3.05, 3.63) is 16.7 Å². The van der Waals surface area contributed by atoms with Gasteiger partial charge in [0.2, 0.25) is 0 Å². The van der Waals surface area contributed by atoms with E-state index in [1.165, 1.54) is 30.8 Å². The Morgan fingerprint density at radius 3 is 3.15 bits per heavy atom. The van der Waals surface area contributed by atoms with Crippen LogP contribution in [0.15, 0.2) is 0 Å². The topological polar surface area (TPSA) is 17.8 Å². The smallest absolute Gasteiger partial charge is 0.150 e. The van der Waals surface area contributed by atoms with Gasteiger partial charge in [0.1, 0.15) is 5.82 Å². The van der Waals surface area contributed by atoms with Crippen LogP contribution in [-0.2, 0) is 19.4 Å². The summed E-state index contributed by atoms with van der Waals surface area (Å²) in [6.45, 7) is 3.32. The molecule has 1 aromatic rings. The minimum absolute atomic E-state index is 0.739. The van der Waals surface area contributed by atoms with Gasteiger partial charge >= 0.3 is 0 Å². The van der Waals surface area contributed by atoms with Crippen molar-refractivity contribution in [1.82, 2.24) is 9.55 Å². The molecule has 3 heteroatoms. The van der Waals surface area contributed by atoms with Crippen LogP contribution in [0.1, 0.15) is 37.7 Å². The summed E-state index contributed by atoms with van der Waals surface area (Å²) in [4.78, 5) is 4.37. The van der Waals surface area contributed by atoms with Crippen LogP contribution in [0.2, 0.25) is 5.15 Å². The van der Waals surface area contributed by atoms with Crippen LogP contribution in [0.25, 0.3) is 0 Å². The van der Waals surface area contributed by atoms with Crippen LogP contribution >= 0.6 is 11.6 Å². The molecular formula is C10H15ClN2. The number of aryl methyl sites for hydroxylation is 1. The Balaban J connectivity index is 2.22. The molecule has 0 aromatic carbocycles. The average Bonchev–Trinajstić information content (AvgIpc) is 2.62. The van der Waals surface area contributed by atoms with E-state index in [0.717, 1.165) is 24.5 Å². The Labute approximate surface area is 83.9 Å². The van der Waals surface area contributed by atoms with Gasteiger partial charge in [0, 0.05) is 13.0 Å². The first kappa shape index (κ1) is 9.07. The van der Waals surface area contributed by atoms with Crippen molar-refractivity contribution in [3.63, 3.8) is 0 Å². The first-order valence-electron chi connectivity index (χ1n) is 5.06. The maximum absolute atomic E-state index is 6.07. The standard InChI is InChI=1S/C10H15ClN2/c1-2-3-5-8-10(11)12-9-6-4-7-13(8)9/h2-7H2,1H3. The lowest BCUT2D eigenvalue weighted by Gasteiger charge is -2.03. The van der Waals surface area contributed by atoms with E-state index in [4.69, 9.17) is 11.6 Å². The minimum Gasteiger partial charge on any atom is -0.331 e. The summed E-state index contributed by atoms with van der Waals surface area (Å²) < 4.78 is 2.30. The molecule has 1 aliphatic rings. The van der Waals surface area contributed by atoms with E-state index in [1.807, 2.05) is 0 Å². The third kappa shape index (κ3) is 1.60. The molecule has 0 fully saturated rings. The number of rotatable bonds is 3. The number of nitrogens with zero attached hydrogens (tertiary/aromatic N) is 2. The van der Waals surface area contributed by atoms with Gasteiger partial charge in [-0.1, -0.05) is 24.9 Å². The number of halogens is 1. The van der Waals surface area contributed by atoms with Crippen molar-refractivity contribution in [3.8, 4) is 0 Å². The number of unbranched alkanes of at least 4 members (excludes halogenated alkanes) is 1. The molecule has 2 rings (SSSR count). The van der Waals surface area contributed by atoms with Gasteiger partial charge < -0.3 is 4.57 Å². The second-order valence-corrected chi connectivity index (χ2v) is 3.98. The number of hydrogen-bond acceptors (Lipinski definition) is 1. The highest BCUT2D eigenvalue weighted by molar-refractivity contribution is 6.30. The summed E-state index contributed by atoms with van der Waals surface area (Å²) >= 11 is 6.07. The average molecular weight is 199 g/mol. The highest BCUT2D eigenvalue weighted by Gasteiger charge is 2.18. The van der Waals surface area contributed by atoms with Gasteiger partial charge in [-0.15, -0.1) is 0 Å². The summed E-state index contributed by atoms with van der Waals surface area (Å²) in [6.07, 6.45) is 5.86.